The molecule has 4 nitrogen and oxygen atoms in total. The lowest BCUT2D eigenvalue weighted by molar-refractivity contribution is -0.139. The molecular formula is C23H28N2O2. The molecule has 2 amide bonds. The van der Waals surface area contributed by atoms with Crippen molar-refractivity contribution in [2.75, 3.05) is 27.2 Å². The molecule has 0 radical (unpaired) electrons. The molecule has 0 unspecified atom stereocenters. The molecule has 0 bridgehead atoms. The molecule has 3 rings (SSSR count). The van der Waals surface area contributed by atoms with Crippen LogP contribution in [0, 0.1) is 5.41 Å². The quantitative estimate of drug-likeness (QED) is 0.813. The minimum absolute atomic E-state index is 0.110. The molecule has 1 aliphatic rings. The van der Waals surface area contributed by atoms with E-state index in [1.807, 2.05) is 30.0 Å². The maximum atomic E-state index is 13.1. The van der Waals surface area contributed by atoms with Crippen LogP contribution in [0.4, 0.5) is 0 Å². The fourth-order valence-corrected chi connectivity index (χ4v) is 4.06. The summed E-state index contributed by atoms with van der Waals surface area (Å²) in [6.45, 7) is 3.04. The molecule has 0 aliphatic carbocycles. The summed E-state index contributed by atoms with van der Waals surface area (Å²) >= 11 is 0. The molecule has 27 heavy (non-hydrogen) atoms. The van der Waals surface area contributed by atoms with E-state index < -0.39 is 5.41 Å². The maximum Gasteiger partial charge on any atom is 0.230 e. The zero-order chi connectivity index (χ0) is 19.4. The first kappa shape index (κ1) is 19.2. The summed E-state index contributed by atoms with van der Waals surface area (Å²) < 4.78 is 0. The van der Waals surface area contributed by atoms with Crippen LogP contribution in [-0.2, 0) is 16.0 Å². The van der Waals surface area contributed by atoms with Crippen molar-refractivity contribution >= 4 is 11.8 Å². The Kier molecular flexibility index (Phi) is 5.64. The van der Waals surface area contributed by atoms with Gasteiger partial charge in [-0.25, -0.2) is 0 Å². The van der Waals surface area contributed by atoms with Crippen LogP contribution in [0.2, 0.25) is 0 Å². The molecule has 1 saturated heterocycles. The maximum absolute atomic E-state index is 13.1. The molecule has 0 saturated carbocycles. The number of hydrogen-bond acceptors (Lipinski definition) is 2. The van der Waals surface area contributed by atoms with E-state index in [9.17, 15) is 9.59 Å². The Morgan fingerprint density at radius 3 is 2.41 bits per heavy atom. The van der Waals surface area contributed by atoms with Gasteiger partial charge in [-0.15, -0.1) is 0 Å². The van der Waals surface area contributed by atoms with Crippen LogP contribution in [0.1, 0.15) is 25.3 Å². The van der Waals surface area contributed by atoms with Crippen molar-refractivity contribution in [2.45, 2.75) is 26.2 Å². The molecule has 142 valence electrons. The van der Waals surface area contributed by atoms with E-state index in [0.717, 1.165) is 11.1 Å². The van der Waals surface area contributed by atoms with Gasteiger partial charge in [-0.2, -0.15) is 0 Å². The molecule has 0 N–H and O–H groups in total. The third-order valence-electron chi connectivity index (χ3n) is 5.45. The summed E-state index contributed by atoms with van der Waals surface area (Å²) in [7, 11) is 3.60. The SMILES string of the molecule is CCC(=O)N1CC[C@@](Cc2cccc(-c3ccccc3)c2)(C(=O)N(C)C)C1. The van der Waals surface area contributed by atoms with Gasteiger partial charge in [0.2, 0.25) is 11.8 Å². The smallest absolute Gasteiger partial charge is 0.230 e. The number of likely N-dealkylation sites (tertiary alicyclic amines) is 1. The number of carbonyl (C=O) groups is 2. The van der Waals surface area contributed by atoms with Gasteiger partial charge in [0.15, 0.2) is 0 Å². The van der Waals surface area contributed by atoms with E-state index in [-0.39, 0.29) is 11.8 Å². The first-order chi connectivity index (χ1) is 12.9. The molecule has 4 heteroatoms. The highest BCUT2D eigenvalue weighted by Crippen LogP contribution is 2.37. The van der Waals surface area contributed by atoms with Gasteiger partial charge in [0, 0.05) is 33.6 Å². The largest absolute Gasteiger partial charge is 0.348 e. The highest BCUT2D eigenvalue weighted by molar-refractivity contribution is 5.85. The molecule has 0 aromatic heterocycles. The molecule has 0 spiro atoms. The fourth-order valence-electron chi connectivity index (χ4n) is 4.06. The summed E-state index contributed by atoms with van der Waals surface area (Å²) in [4.78, 5) is 28.8. The third kappa shape index (κ3) is 4.05. The Morgan fingerprint density at radius 1 is 1.04 bits per heavy atom. The van der Waals surface area contributed by atoms with Gasteiger partial charge >= 0.3 is 0 Å². The van der Waals surface area contributed by atoms with Crippen molar-refractivity contribution < 1.29 is 9.59 Å². The molecule has 2 aromatic carbocycles. The van der Waals surface area contributed by atoms with Crippen molar-refractivity contribution in [1.82, 2.24) is 9.80 Å². The Labute approximate surface area is 161 Å². The predicted octanol–water partition coefficient (Wildman–Crippen LogP) is 3.61. The fraction of sp³-hybridized carbons (Fsp3) is 0.391. The minimum Gasteiger partial charge on any atom is -0.348 e. The topological polar surface area (TPSA) is 40.6 Å². The first-order valence-electron chi connectivity index (χ1n) is 9.59. The molecule has 1 fully saturated rings. The van der Waals surface area contributed by atoms with E-state index in [0.29, 0.717) is 32.4 Å². The second-order valence-electron chi connectivity index (χ2n) is 7.64. The van der Waals surface area contributed by atoms with Crippen LogP contribution in [0.5, 0.6) is 0 Å². The highest BCUT2D eigenvalue weighted by atomic mass is 16.2. The van der Waals surface area contributed by atoms with Crippen molar-refractivity contribution in [3.8, 4) is 11.1 Å². The van der Waals surface area contributed by atoms with Crippen LogP contribution in [0.3, 0.4) is 0 Å². The summed E-state index contributed by atoms with van der Waals surface area (Å²) in [5, 5.41) is 0. The standard InChI is InChI=1S/C23H28N2O2/c1-4-21(26)25-14-13-23(17-25,22(27)24(2)3)16-18-9-8-12-20(15-18)19-10-6-5-7-11-19/h5-12,15H,4,13-14,16-17H2,1-3H3/t23-/m0/s1. The minimum atomic E-state index is -0.538. The van der Waals surface area contributed by atoms with Gasteiger partial charge in [0.05, 0.1) is 5.41 Å². The second-order valence-corrected chi connectivity index (χ2v) is 7.64. The molecule has 1 aliphatic heterocycles. The number of benzene rings is 2. The van der Waals surface area contributed by atoms with Gasteiger partial charge in [-0.3, -0.25) is 9.59 Å². The van der Waals surface area contributed by atoms with Crippen molar-refractivity contribution in [3.05, 3.63) is 60.2 Å². The van der Waals surface area contributed by atoms with Gasteiger partial charge in [0.1, 0.15) is 0 Å². The van der Waals surface area contributed by atoms with Gasteiger partial charge < -0.3 is 9.80 Å². The summed E-state index contributed by atoms with van der Waals surface area (Å²) in [6, 6.07) is 18.7. The Hall–Kier alpha value is -2.62. The van der Waals surface area contributed by atoms with Crippen LogP contribution in [-0.4, -0.2) is 48.8 Å². The van der Waals surface area contributed by atoms with E-state index >= 15 is 0 Å². The number of carbonyl (C=O) groups excluding carboxylic acids is 2. The summed E-state index contributed by atoms with van der Waals surface area (Å²) in [5.74, 6) is 0.237. The number of amides is 2. The normalized spacial score (nSPS) is 19.1. The average molecular weight is 364 g/mol. The second kappa shape index (κ2) is 7.95. The summed E-state index contributed by atoms with van der Waals surface area (Å²) in [6.07, 6.45) is 1.85. The third-order valence-corrected chi connectivity index (χ3v) is 5.45. The number of rotatable bonds is 5. The highest BCUT2D eigenvalue weighted by Gasteiger charge is 2.46. The molecular weight excluding hydrogens is 336 g/mol. The predicted molar refractivity (Wildman–Crippen MR) is 108 cm³/mol. The lowest BCUT2D eigenvalue weighted by Gasteiger charge is -2.31. The van der Waals surface area contributed by atoms with Gasteiger partial charge in [0.25, 0.3) is 0 Å². The monoisotopic (exact) mass is 364 g/mol. The van der Waals surface area contributed by atoms with Gasteiger partial charge in [-0.05, 0) is 29.5 Å². The van der Waals surface area contributed by atoms with Crippen molar-refractivity contribution in [3.63, 3.8) is 0 Å². The molecule has 1 atom stereocenters. The molecule has 2 aromatic rings. The zero-order valence-corrected chi connectivity index (χ0v) is 16.4. The molecule has 1 heterocycles. The number of nitrogens with zero attached hydrogens (tertiary/aromatic N) is 2. The van der Waals surface area contributed by atoms with E-state index in [2.05, 4.69) is 36.4 Å². The van der Waals surface area contributed by atoms with Crippen molar-refractivity contribution in [2.24, 2.45) is 5.41 Å². The van der Waals surface area contributed by atoms with Gasteiger partial charge in [-0.1, -0.05) is 61.5 Å². The Morgan fingerprint density at radius 2 is 1.74 bits per heavy atom. The zero-order valence-electron chi connectivity index (χ0n) is 16.4. The van der Waals surface area contributed by atoms with Crippen LogP contribution < -0.4 is 0 Å². The van der Waals surface area contributed by atoms with Crippen LogP contribution >= 0.6 is 0 Å². The van der Waals surface area contributed by atoms with Crippen LogP contribution in [0.25, 0.3) is 11.1 Å². The van der Waals surface area contributed by atoms with E-state index in [1.54, 1.807) is 19.0 Å². The van der Waals surface area contributed by atoms with E-state index in [1.165, 1.54) is 5.56 Å². The lowest BCUT2D eigenvalue weighted by Crippen LogP contribution is -2.44. The first-order valence-corrected chi connectivity index (χ1v) is 9.59. The number of hydrogen-bond donors (Lipinski definition) is 0. The van der Waals surface area contributed by atoms with Crippen molar-refractivity contribution in [1.29, 1.82) is 0 Å². The Balaban J connectivity index is 1.90. The van der Waals surface area contributed by atoms with Crippen LogP contribution in [0.15, 0.2) is 54.6 Å². The average Bonchev–Trinajstić information content (AvgIpc) is 3.12. The lowest BCUT2D eigenvalue weighted by atomic mass is 9.79. The summed E-state index contributed by atoms with van der Waals surface area (Å²) in [5.41, 5.74) is 2.92. The Bertz CT molecular complexity index is 816. The van der Waals surface area contributed by atoms with E-state index in [4.69, 9.17) is 0 Å².